The average molecular weight is 347 g/mol. The van der Waals surface area contributed by atoms with Gasteiger partial charge in [0, 0.05) is 11.3 Å². The van der Waals surface area contributed by atoms with Crippen molar-refractivity contribution in [2.75, 3.05) is 5.32 Å². The lowest BCUT2D eigenvalue weighted by Crippen LogP contribution is -2.03. The largest absolute Gasteiger partial charge is 0.325 e. The number of carbonyl (C=O) groups excluding carboxylic acids is 2. The Balaban J connectivity index is 2.07. The van der Waals surface area contributed by atoms with Crippen LogP contribution in [0, 0.1) is 0 Å². The number of hydrogen-bond acceptors (Lipinski definition) is 3. The smallest absolute Gasteiger partial charge is 0.228 e. The molecule has 20 heavy (non-hydrogen) atoms. The highest BCUT2D eigenvalue weighted by molar-refractivity contribution is 7.20. The van der Waals surface area contributed by atoms with Crippen molar-refractivity contribution in [2.45, 2.75) is 6.42 Å². The molecule has 0 aliphatic carbocycles. The fourth-order valence-corrected chi connectivity index (χ4v) is 3.77. The molecule has 2 heterocycles. The van der Waals surface area contributed by atoms with Gasteiger partial charge in [0.15, 0.2) is 5.78 Å². The lowest BCUT2D eigenvalue weighted by molar-refractivity contribution is -0.115. The number of anilines is 1. The van der Waals surface area contributed by atoms with E-state index in [9.17, 15) is 9.59 Å². The monoisotopic (exact) mass is 345 g/mol. The van der Waals surface area contributed by atoms with Gasteiger partial charge < -0.3 is 5.32 Å². The summed E-state index contributed by atoms with van der Waals surface area (Å²) >= 11 is 19.1. The van der Waals surface area contributed by atoms with Crippen LogP contribution in [0.1, 0.15) is 21.5 Å². The van der Waals surface area contributed by atoms with E-state index in [-0.39, 0.29) is 23.1 Å². The number of ketones is 1. The molecular weight excluding hydrogens is 341 g/mol. The molecule has 1 aromatic carbocycles. The minimum atomic E-state index is -0.301. The highest BCUT2D eigenvalue weighted by Crippen LogP contribution is 2.36. The first kappa shape index (κ1) is 13.9. The molecule has 0 fully saturated rings. The number of amides is 1. The molecule has 3 nitrogen and oxygen atoms in total. The van der Waals surface area contributed by atoms with E-state index < -0.39 is 0 Å². The number of halogens is 3. The Labute approximate surface area is 133 Å². The molecule has 102 valence electrons. The van der Waals surface area contributed by atoms with Gasteiger partial charge in [-0.15, -0.1) is 11.3 Å². The molecule has 3 rings (SSSR count). The minimum Gasteiger partial charge on any atom is -0.325 e. The summed E-state index contributed by atoms with van der Waals surface area (Å²) in [6.45, 7) is 0. The molecule has 0 spiro atoms. The molecular formula is C13H6Cl3NO2S. The van der Waals surface area contributed by atoms with Gasteiger partial charge in [0.05, 0.1) is 21.3 Å². The number of hydrogen-bond donors (Lipinski definition) is 1. The van der Waals surface area contributed by atoms with E-state index in [0.717, 1.165) is 16.9 Å². The van der Waals surface area contributed by atoms with Crippen molar-refractivity contribution in [2.24, 2.45) is 0 Å². The molecule has 0 atom stereocenters. The van der Waals surface area contributed by atoms with Crippen molar-refractivity contribution in [1.82, 2.24) is 0 Å². The first-order valence-corrected chi connectivity index (χ1v) is 7.52. The Kier molecular flexibility index (Phi) is 3.50. The van der Waals surface area contributed by atoms with Crippen LogP contribution in [0.15, 0.2) is 18.2 Å². The number of benzene rings is 1. The summed E-state index contributed by atoms with van der Waals surface area (Å²) < 4.78 is 0.762. The molecule has 0 bridgehead atoms. The molecule has 1 N–H and O–H groups in total. The average Bonchev–Trinajstić information content (AvgIpc) is 2.88. The molecule has 7 heteroatoms. The third-order valence-corrected chi connectivity index (χ3v) is 4.76. The standard InChI is InChI=1S/C13H6Cl3NO2S/c14-8-4-9-5(2-11(18)17-9)1-6(8)12(19)7-3-10(15)20-13(7)16/h1,3-4H,2H2,(H,17,18). The molecule has 1 aliphatic heterocycles. The third kappa shape index (κ3) is 2.33. The van der Waals surface area contributed by atoms with Gasteiger partial charge in [-0.1, -0.05) is 34.8 Å². The van der Waals surface area contributed by atoms with E-state index in [1.54, 1.807) is 12.1 Å². The molecule has 0 radical (unpaired) electrons. The Morgan fingerprint density at radius 3 is 2.55 bits per heavy atom. The van der Waals surface area contributed by atoms with Crippen LogP contribution >= 0.6 is 46.1 Å². The zero-order valence-corrected chi connectivity index (χ0v) is 12.9. The second-order valence-corrected chi connectivity index (χ2v) is 6.97. The van der Waals surface area contributed by atoms with Crippen molar-refractivity contribution in [1.29, 1.82) is 0 Å². The molecule has 1 aromatic heterocycles. The topological polar surface area (TPSA) is 46.2 Å². The summed E-state index contributed by atoms with van der Waals surface area (Å²) in [5, 5.41) is 2.95. The van der Waals surface area contributed by atoms with Crippen molar-refractivity contribution in [3.05, 3.63) is 48.6 Å². The van der Waals surface area contributed by atoms with Crippen LogP contribution in [0.3, 0.4) is 0 Å². The lowest BCUT2D eigenvalue weighted by atomic mass is 10.0. The van der Waals surface area contributed by atoms with Crippen LogP contribution in [0.25, 0.3) is 0 Å². The molecule has 0 saturated carbocycles. The fourth-order valence-electron chi connectivity index (χ4n) is 2.06. The van der Waals surface area contributed by atoms with Gasteiger partial charge in [0.25, 0.3) is 0 Å². The minimum absolute atomic E-state index is 0.114. The summed E-state index contributed by atoms with van der Waals surface area (Å²) in [6.07, 6.45) is 0.241. The summed E-state index contributed by atoms with van der Waals surface area (Å²) in [6, 6.07) is 4.72. The zero-order valence-electron chi connectivity index (χ0n) is 9.80. The van der Waals surface area contributed by atoms with Gasteiger partial charge >= 0.3 is 0 Å². The lowest BCUT2D eigenvalue weighted by Gasteiger charge is -2.06. The summed E-state index contributed by atoms with van der Waals surface area (Å²) in [5.41, 5.74) is 2.03. The predicted octanol–water partition coefficient (Wildman–Crippen LogP) is 4.43. The van der Waals surface area contributed by atoms with E-state index in [4.69, 9.17) is 34.8 Å². The predicted molar refractivity (Wildman–Crippen MR) is 81.6 cm³/mol. The van der Waals surface area contributed by atoms with E-state index in [0.29, 0.717) is 25.5 Å². The van der Waals surface area contributed by atoms with Gasteiger partial charge in [0.2, 0.25) is 5.91 Å². The van der Waals surface area contributed by atoms with Crippen LogP contribution < -0.4 is 5.32 Å². The van der Waals surface area contributed by atoms with Gasteiger partial charge in [-0.05, 0) is 23.8 Å². The molecule has 0 saturated heterocycles. The van der Waals surface area contributed by atoms with Gasteiger partial charge in [-0.2, -0.15) is 0 Å². The van der Waals surface area contributed by atoms with Crippen molar-refractivity contribution in [3.63, 3.8) is 0 Å². The maximum Gasteiger partial charge on any atom is 0.228 e. The highest BCUT2D eigenvalue weighted by Gasteiger charge is 2.24. The number of thiophene rings is 1. The Bertz CT molecular complexity index is 754. The SMILES string of the molecule is O=C1Cc2cc(C(=O)c3cc(Cl)sc3Cl)c(Cl)cc2N1. The van der Waals surface area contributed by atoms with E-state index >= 15 is 0 Å². The Hall–Kier alpha value is -1.07. The van der Waals surface area contributed by atoms with E-state index in [1.807, 2.05) is 0 Å². The fraction of sp³-hybridized carbons (Fsp3) is 0.0769. The number of fused-ring (bicyclic) bond motifs is 1. The van der Waals surface area contributed by atoms with Crippen molar-refractivity contribution < 1.29 is 9.59 Å². The molecule has 1 amide bonds. The Morgan fingerprint density at radius 2 is 1.90 bits per heavy atom. The van der Waals surface area contributed by atoms with Crippen LogP contribution in [-0.2, 0) is 11.2 Å². The van der Waals surface area contributed by atoms with Crippen LogP contribution in [0.2, 0.25) is 13.7 Å². The summed E-state index contributed by atoms with van der Waals surface area (Å²) in [4.78, 5) is 23.8. The quantitative estimate of drug-likeness (QED) is 0.817. The number of rotatable bonds is 2. The van der Waals surface area contributed by atoms with Gasteiger partial charge in [-0.25, -0.2) is 0 Å². The van der Waals surface area contributed by atoms with E-state index in [2.05, 4.69) is 5.32 Å². The maximum absolute atomic E-state index is 12.5. The number of nitrogens with one attached hydrogen (secondary N) is 1. The molecule has 2 aromatic rings. The normalized spacial score (nSPS) is 13.2. The second kappa shape index (κ2) is 5.04. The summed E-state index contributed by atoms with van der Waals surface area (Å²) in [7, 11) is 0. The highest BCUT2D eigenvalue weighted by atomic mass is 35.5. The van der Waals surface area contributed by atoms with Gasteiger partial charge in [0.1, 0.15) is 4.34 Å². The van der Waals surface area contributed by atoms with Crippen LogP contribution in [0.4, 0.5) is 5.69 Å². The van der Waals surface area contributed by atoms with E-state index in [1.165, 1.54) is 6.07 Å². The van der Waals surface area contributed by atoms with Crippen molar-refractivity contribution >= 4 is 63.5 Å². The van der Waals surface area contributed by atoms with Crippen LogP contribution in [-0.4, -0.2) is 11.7 Å². The number of carbonyl (C=O) groups is 2. The maximum atomic E-state index is 12.5. The van der Waals surface area contributed by atoms with Crippen LogP contribution in [0.5, 0.6) is 0 Å². The zero-order chi connectivity index (χ0) is 14.4. The Morgan fingerprint density at radius 1 is 1.15 bits per heavy atom. The summed E-state index contributed by atoms with van der Waals surface area (Å²) in [5.74, 6) is -0.414. The second-order valence-electron chi connectivity index (χ2n) is 4.28. The molecule has 1 aliphatic rings. The third-order valence-electron chi connectivity index (χ3n) is 2.96. The first-order chi connectivity index (χ1) is 9.45. The first-order valence-electron chi connectivity index (χ1n) is 5.57. The molecule has 0 unspecified atom stereocenters. The van der Waals surface area contributed by atoms with Gasteiger partial charge in [-0.3, -0.25) is 9.59 Å². The van der Waals surface area contributed by atoms with Crippen molar-refractivity contribution in [3.8, 4) is 0 Å².